The highest BCUT2D eigenvalue weighted by Crippen LogP contribution is 2.08. The molecular weight excluding hydrogens is 192 g/mol. The average molecular weight is 209 g/mol. The molecule has 0 aliphatic rings. The highest BCUT2D eigenvalue weighted by Gasteiger charge is 2.16. The maximum atomic E-state index is 11.8. The first-order chi connectivity index (χ1) is 6.94. The molecule has 0 aliphatic heterocycles. The van der Waals surface area contributed by atoms with E-state index in [9.17, 15) is 4.79 Å². The maximum Gasteiger partial charge on any atom is 0.296 e. The summed E-state index contributed by atoms with van der Waals surface area (Å²) in [6.07, 6.45) is 0. The number of quaternary nitrogens is 1. The SMILES string of the molecule is C[N+](C)(C)NC(=O)c1ccccc1CO. The van der Waals surface area contributed by atoms with Gasteiger partial charge in [-0.2, -0.15) is 5.43 Å². The van der Waals surface area contributed by atoms with Crippen molar-refractivity contribution in [3.63, 3.8) is 0 Å². The van der Waals surface area contributed by atoms with Gasteiger partial charge in [-0.15, -0.1) is 0 Å². The van der Waals surface area contributed by atoms with Crippen molar-refractivity contribution in [2.24, 2.45) is 0 Å². The number of carbonyl (C=O) groups is 1. The molecule has 0 heterocycles. The molecule has 0 aromatic heterocycles. The Morgan fingerprint density at radius 1 is 1.33 bits per heavy atom. The fourth-order valence-electron chi connectivity index (χ4n) is 1.24. The van der Waals surface area contributed by atoms with Gasteiger partial charge in [0.2, 0.25) is 0 Å². The standard InChI is InChI=1S/C11H16N2O2/c1-13(2,3)12-11(15)10-7-5-4-6-9(10)8-14/h4-7,14H,8H2,1-3H3/p+1. The Balaban J connectivity index is 2.91. The number of benzene rings is 1. The smallest absolute Gasteiger partial charge is 0.296 e. The summed E-state index contributed by atoms with van der Waals surface area (Å²) in [6, 6.07) is 7.03. The largest absolute Gasteiger partial charge is 0.392 e. The second-order valence-electron chi connectivity index (χ2n) is 4.27. The summed E-state index contributed by atoms with van der Waals surface area (Å²) < 4.78 is 0.346. The lowest BCUT2D eigenvalue weighted by atomic mass is 10.1. The summed E-state index contributed by atoms with van der Waals surface area (Å²) >= 11 is 0. The maximum absolute atomic E-state index is 11.8. The molecule has 1 amide bonds. The van der Waals surface area contributed by atoms with Crippen molar-refractivity contribution in [1.82, 2.24) is 5.43 Å². The van der Waals surface area contributed by atoms with Crippen molar-refractivity contribution in [3.05, 3.63) is 35.4 Å². The van der Waals surface area contributed by atoms with Crippen molar-refractivity contribution in [2.75, 3.05) is 21.1 Å². The first kappa shape index (κ1) is 11.7. The van der Waals surface area contributed by atoms with Gasteiger partial charge in [0.05, 0.1) is 27.7 Å². The molecule has 4 nitrogen and oxygen atoms in total. The number of rotatable bonds is 3. The Morgan fingerprint density at radius 2 is 1.93 bits per heavy atom. The van der Waals surface area contributed by atoms with Crippen LogP contribution in [0.1, 0.15) is 15.9 Å². The van der Waals surface area contributed by atoms with Crippen LogP contribution < -0.4 is 5.43 Å². The molecule has 0 unspecified atom stereocenters. The van der Waals surface area contributed by atoms with E-state index < -0.39 is 0 Å². The minimum Gasteiger partial charge on any atom is -0.392 e. The van der Waals surface area contributed by atoms with E-state index in [0.717, 1.165) is 0 Å². The zero-order valence-electron chi connectivity index (χ0n) is 9.32. The summed E-state index contributed by atoms with van der Waals surface area (Å²) in [7, 11) is 5.58. The molecule has 15 heavy (non-hydrogen) atoms. The quantitative estimate of drug-likeness (QED) is 0.563. The molecular formula is C11H17N2O2+. The van der Waals surface area contributed by atoms with Crippen LogP contribution in [0.4, 0.5) is 0 Å². The van der Waals surface area contributed by atoms with Crippen LogP contribution in [0.3, 0.4) is 0 Å². The highest BCUT2D eigenvalue weighted by molar-refractivity contribution is 5.94. The van der Waals surface area contributed by atoms with Crippen LogP contribution in [0, 0.1) is 0 Å². The van der Waals surface area contributed by atoms with Gasteiger partial charge in [-0.3, -0.25) is 4.79 Å². The van der Waals surface area contributed by atoms with Gasteiger partial charge in [0.25, 0.3) is 5.91 Å². The fourth-order valence-corrected chi connectivity index (χ4v) is 1.24. The van der Waals surface area contributed by atoms with Crippen LogP contribution in [0.15, 0.2) is 24.3 Å². The Bertz CT molecular complexity index is 356. The van der Waals surface area contributed by atoms with Gasteiger partial charge >= 0.3 is 0 Å². The van der Waals surface area contributed by atoms with Crippen molar-refractivity contribution in [2.45, 2.75) is 6.61 Å². The van der Waals surface area contributed by atoms with E-state index in [2.05, 4.69) is 5.43 Å². The Hall–Kier alpha value is -1.39. The Labute approximate surface area is 89.7 Å². The molecule has 0 saturated heterocycles. The molecule has 0 atom stereocenters. The molecule has 0 saturated carbocycles. The van der Waals surface area contributed by atoms with Crippen molar-refractivity contribution < 1.29 is 14.5 Å². The normalized spacial score (nSPS) is 11.2. The Morgan fingerprint density at radius 3 is 2.47 bits per heavy atom. The van der Waals surface area contributed by atoms with E-state index >= 15 is 0 Å². The summed E-state index contributed by atoms with van der Waals surface area (Å²) in [6.45, 7) is -0.124. The third-order valence-corrected chi connectivity index (χ3v) is 1.87. The predicted molar refractivity (Wildman–Crippen MR) is 57.9 cm³/mol. The topological polar surface area (TPSA) is 49.3 Å². The third kappa shape index (κ3) is 3.34. The summed E-state index contributed by atoms with van der Waals surface area (Å²) in [4.78, 5) is 11.8. The minimum absolute atomic E-state index is 0.124. The van der Waals surface area contributed by atoms with Crippen LogP contribution in [0.5, 0.6) is 0 Å². The monoisotopic (exact) mass is 209 g/mol. The number of nitrogens with one attached hydrogen (secondary N) is 1. The molecule has 82 valence electrons. The fraction of sp³-hybridized carbons (Fsp3) is 0.364. The molecule has 1 rings (SSSR count). The second-order valence-corrected chi connectivity index (χ2v) is 4.27. The van der Waals surface area contributed by atoms with E-state index in [1.165, 1.54) is 0 Å². The van der Waals surface area contributed by atoms with Gasteiger partial charge < -0.3 is 5.11 Å². The van der Waals surface area contributed by atoms with Crippen LogP contribution in [-0.2, 0) is 6.61 Å². The van der Waals surface area contributed by atoms with Crippen LogP contribution in [0.25, 0.3) is 0 Å². The van der Waals surface area contributed by atoms with Gasteiger partial charge in [0.15, 0.2) is 0 Å². The van der Waals surface area contributed by atoms with E-state index in [0.29, 0.717) is 15.7 Å². The van der Waals surface area contributed by atoms with E-state index in [-0.39, 0.29) is 12.5 Å². The molecule has 4 heteroatoms. The average Bonchev–Trinajstić information content (AvgIpc) is 2.15. The lowest BCUT2D eigenvalue weighted by molar-refractivity contribution is -0.905. The summed E-state index contributed by atoms with van der Waals surface area (Å²) in [5.74, 6) is -0.174. The Kier molecular flexibility index (Phi) is 3.44. The van der Waals surface area contributed by atoms with E-state index in [4.69, 9.17) is 5.11 Å². The lowest BCUT2D eigenvalue weighted by Crippen LogP contribution is -2.51. The van der Waals surface area contributed by atoms with E-state index in [1.54, 1.807) is 24.3 Å². The van der Waals surface area contributed by atoms with Crippen LogP contribution in [-0.4, -0.2) is 36.7 Å². The first-order valence-electron chi connectivity index (χ1n) is 4.77. The minimum atomic E-state index is -0.174. The number of nitrogens with zero attached hydrogens (tertiary/aromatic N) is 1. The molecule has 0 spiro atoms. The van der Waals surface area contributed by atoms with Crippen LogP contribution >= 0.6 is 0 Å². The second kappa shape index (κ2) is 4.42. The van der Waals surface area contributed by atoms with Crippen molar-refractivity contribution >= 4 is 5.91 Å². The highest BCUT2D eigenvalue weighted by atomic mass is 16.3. The molecule has 0 bridgehead atoms. The molecule has 1 aromatic carbocycles. The lowest BCUT2D eigenvalue weighted by Gasteiger charge is -2.23. The molecule has 2 N–H and O–H groups in total. The zero-order chi connectivity index (χ0) is 11.5. The summed E-state index contributed by atoms with van der Waals surface area (Å²) in [5, 5.41) is 9.08. The van der Waals surface area contributed by atoms with Gasteiger partial charge in [0.1, 0.15) is 0 Å². The van der Waals surface area contributed by atoms with Crippen molar-refractivity contribution in [1.29, 1.82) is 0 Å². The van der Waals surface area contributed by atoms with Crippen LogP contribution in [0.2, 0.25) is 0 Å². The summed E-state index contributed by atoms with van der Waals surface area (Å²) in [5.41, 5.74) is 3.96. The molecule has 1 aromatic rings. The number of carbonyl (C=O) groups excluding carboxylic acids is 1. The number of aliphatic hydroxyl groups excluding tert-OH is 1. The van der Waals surface area contributed by atoms with Gasteiger partial charge in [-0.25, -0.2) is 4.59 Å². The van der Waals surface area contributed by atoms with Gasteiger partial charge in [-0.1, -0.05) is 18.2 Å². The number of aliphatic hydroxyl groups is 1. The number of hydrogen-bond acceptors (Lipinski definition) is 2. The predicted octanol–water partition coefficient (Wildman–Crippen LogP) is 0.530. The zero-order valence-corrected chi connectivity index (χ0v) is 9.32. The molecule has 0 fully saturated rings. The number of hydrogen-bond donors (Lipinski definition) is 2. The van der Waals surface area contributed by atoms with Crippen molar-refractivity contribution in [3.8, 4) is 0 Å². The van der Waals surface area contributed by atoms with E-state index in [1.807, 2.05) is 21.1 Å². The third-order valence-electron chi connectivity index (χ3n) is 1.87. The molecule has 0 radical (unpaired) electrons. The van der Waals surface area contributed by atoms with Gasteiger partial charge in [0, 0.05) is 5.56 Å². The molecule has 0 aliphatic carbocycles. The first-order valence-corrected chi connectivity index (χ1v) is 4.77. The van der Waals surface area contributed by atoms with Gasteiger partial charge in [-0.05, 0) is 11.6 Å². The number of amides is 1.